The Kier molecular flexibility index (Phi) is 6.17. The minimum Gasteiger partial charge on any atom is -0.356 e. The molecule has 0 unspecified atom stereocenters. The SMILES string of the molecule is CCn1cccc(CNC2=NCCCN2)c1=O.I. The summed E-state index contributed by atoms with van der Waals surface area (Å²) in [6.07, 6.45) is 2.88. The molecule has 5 nitrogen and oxygen atoms in total. The molecule has 1 aliphatic rings. The Balaban J connectivity index is 0.00000162. The molecule has 0 saturated carbocycles. The molecule has 2 N–H and O–H groups in total. The number of rotatable bonds is 3. The number of halogens is 1. The molecule has 6 heteroatoms. The van der Waals surface area contributed by atoms with Gasteiger partial charge in [-0.25, -0.2) is 0 Å². The molecule has 0 amide bonds. The van der Waals surface area contributed by atoms with Gasteiger partial charge >= 0.3 is 0 Å². The first-order chi connectivity index (χ1) is 8.31. The molecule has 1 aromatic heterocycles. The highest BCUT2D eigenvalue weighted by Crippen LogP contribution is 1.93. The number of hydrogen-bond acceptors (Lipinski definition) is 4. The van der Waals surface area contributed by atoms with E-state index < -0.39 is 0 Å². The van der Waals surface area contributed by atoms with Crippen LogP contribution in [0.15, 0.2) is 28.1 Å². The number of hydrogen-bond donors (Lipinski definition) is 2. The van der Waals surface area contributed by atoms with Crippen LogP contribution in [0.5, 0.6) is 0 Å². The monoisotopic (exact) mass is 362 g/mol. The Hall–Kier alpha value is -1.05. The number of guanidine groups is 1. The number of nitrogens with zero attached hydrogens (tertiary/aromatic N) is 2. The zero-order valence-electron chi connectivity index (χ0n) is 10.5. The molecule has 100 valence electrons. The highest BCUT2D eigenvalue weighted by Gasteiger charge is 2.05. The van der Waals surface area contributed by atoms with Crippen molar-refractivity contribution in [3.63, 3.8) is 0 Å². The molecule has 0 saturated heterocycles. The average Bonchev–Trinajstić information content (AvgIpc) is 2.39. The smallest absolute Gasteiger partial charge is 0.255 e. The van der Waals surface area contributed by atoms with Gasteiger partial charge in [-0.15, -0.1) is 24.0 Å². The number of nitrogens with one attached hydrogen (secondary N) is 2. The second-order valence-corrected chi connectivity index (χ2v) is 3.99. The van der Waals surface area contributed by atoms with Gasteiger partial charge in [0.05, 0.1) is 0 Å². The fourth-order valence-electron chi connectivity index (χ4n) is 1.80. The van der Waals surface area contributed by atoms with Crippen molar-refractivity contribution in [1.29, 1.82) is 0 Å². The lowest BCUT2D eigenvalue weighted by atomic mass is 10.2. The van der Waals surface area contributed by atoms with Crippen LogP contribution in [-0.4, -0.2) is 23.6 Å². The van der Waals surface area contributed by atoms with E-state index in [0.717, 1.165) is 31.0 Å². The minimum atomic E-state index is 0. The van der Waals surface area contributed by atoms with Gasteiger partial charge in [0, 0.05) is 37.9 Å². The predicted molar refractivity (Wildman–Crippen MR) is 83.6 cm³/mol. The summed E-state index contributed by atoms with van der Waals surface area (Å²) < 4.78 is 1.70. The third kappa shape index (κ3) is 3.72. The number of aliphatic imine (C=N–C) groups is 1. The van der Waals surface area contributed by atoms with E-state index in [2.05, 4.69) is 15.6 Å². The summed E-state index contributed by atoms with van der Waals surface area (Å²) in [5.74, 6) is 0.794. The molecular weight excluding hydrogens is 343 g/mol. The third-order valence-electron chi connectivity index (χ3n) is 2.78. The predicted octanol–water partition coefficient (Wildman–Crippen LogP) is 0.925. The lowest BCUT2D eigenvalue weighted by Gasteiger charge is -2.16. The van der Waals surface area contributed by atoms with Gasteiger partial charge in [-0.2, -0.15) is 0 Å². The van der Waals surface area contributed by atoms with Crippen molar-refractivity contribution in [2.24, 2.45) is 4.99 Å². The fourth-order valence-corrected chi connectivity index (χ4v) is 1.80. The molecule has 0 radical (unpaired) electrons. The van der Waals surface area contributed by atoms with Crippen molar-refractivity contribution in [3.05, 3.63) is 34.2 Å². The van der Waals surface area contributed by atoms with Crippen LogP contribution in [-0.2, 0) is 13.1 Å². The van der Waals surface area contributed by atoms with Gasteiger partial charge in [0.2, 0.25) is 0 Å². The van der Waals surface area contributed by atoms with E-state index in [4.69, 9.17) is 0 Å². The maximum absolute atomic E-state index is 11.9. The van der Waals surface area contributed by atoms with E-state index in [9.17, 15) is 4.79 Å². The molecule has 0 atom stereocenters. The first kappa shape index (κ1) is 15.0. The van der Waals surface area contributed by atoms with Gasteiger partial charge < -0.3 is 15.2 Å². The third-order valence-corrected chi connectivity index (χ3v) is 2.78. The molecule has 0 aliphatic carbocycles. The molecule has 18 heavy (non-hydrogen) atoms. The van der Waals surface area contributed by atoms with Crippen molar-refractivity contribution in [2.75, 3.05) is 13.1 Å². The average molecular weight is 362 g/mol. The first-order valence-corrected chi connectivity index (χ1v) is 6.02. The fraction of sp³-hybridized carbons (Fsp3) is 0.500. The van der Waals surface area contributed by atoms with Crippen molar-refractivity contribution in [3.8, 4) is 0 Å². The Bertz CT molecular complexity index is 469. The van der Waals surface area contributed by atoms with Crippen LogP contribution in [0.2, 0.25) is 0 Å². The minimum absolute atomic E-state index is 0. The van der Waals surface area contributed by atoms with Crippen LogP contribution < -0.4 is 16.2 Å². The molecular formula is C12H19IN4O. The summed E-state index contributed by atoms with van der Waals surface area (Å²) in [5, 5.41) is 6.32. The van der Waals surface area contributed by atoms with Crippen LogP contribution in [0.25, 0.3) is 0 Å². The second kappa shape index (κ2) is 7.40. The van der Waals surface area contributed by atoms with Gasteiger partial charge in [-0.05, 0) is 19.4 Å². The summed E-state index contributed by atoms with van der Waals surface area (Å²) in [6.45, 7) is 4.98. The summed E-state index contributed by atoms with van der Waals surface area (Å²) in [4.78, 5) is 16.2. The Morgan fingerprint density at radius 3 is 3.06 bits per heavy atom. The zero-order chi connectivity index (χ0) is 12.1. The van der Waals surface area contributed by atoms with E-state index in [1.54, 1.807) is 4.57 Å². The van der Waals surface area contributed by atoms with Crippen LogP contribution in [0, 0.1) is 0 Å². The Morgan fingerprint density at radius 1 is 1.56 bits per heavy atom. The van der Waals surface area contributed by atoms with Crippen molar-refractivity contribution in [1.82, 2.24) is 15.2 Å². The van der Waals surface area contributed by atoms with Crippen molar-refractivity contribution < 1.29 is 0 Å². The highest BCUT2D eigenvalue weighted by atomic mass is 127. The first-order valence-electron chi connectivity index (χ1n) is 6.02. The number of aromatic nitrogens is 1. The van der Waals surface area contributed by atoms with Crippen LogP contribution in [0.1, 0.15) is 18.9 Å². The van der Waals surface area contributed by atoms with Gasteiger partial charge in [-0.1, -0.05) is 6.07 Å². The number of aryl methyl sites for hydroxylation is 1. The van der Waals surface area contributed by atoms with E-state index in [1.165, 1.54) is 0 Å². The largest absolute Gasteiger partial charge is 0.356 e. The maximum Gasteiger partial charge on any atom is 0.255 e. The van der Waals surface area contributed by atoms with Crippen LogP contribution >= 0.6 is 24.0 Å². The van der Waals surface area contributed by atoms with E-state index >= 15 is 0 Å². The topological polar surface area (TPSA) is 58.4 Å². The van der Waals surface area contributed by atoms with Gasteiger partial charge in [-0.3, -0.25) is 9.79 Å². The van der Waals surface area contributed by atoms with E-state index in [-0.39, 0.29) is 29.5 Å². The Morgan fingerprint density at radius 2 is 2.39 bits per heavy atom. The van der Waals surface area contributed by atoms with E-state index in [0.29, 0.717) is 13.1 Å². The molecule has 2 rings (SSSR count). The maximum atomic E-state index is 11.9. The zero-order valence-corrected chi connectivity index (χ0v) is 12.8. The summed E-state index contributed by atoms with van der Waals surface area (Å²) >= 11 is 0. The van der Waals surface area contributed by atoms with Crippen molar-refractivity contribution >= 4 is 29.9 Å². The van der Waals surface area contributed by atoms with Gasteiger partial charge in [0.15, 0.2) is 5.96 Å². The van der Waals surface area contributed by atoms with Gasteiger partial charge in [0.25, 0.3) is 5.56 Å². The standard InChI is InChI=1S/C12H18N4O.HI/c1-2-16-8-3-5-10(11(16)17)9-15-12-13-6-4-7-14-12;/h3,5,8H,2,4,6-7,9H2,1H3,(H2,13,14,15);1H. The lowest BCUT2D eigenvalue weighted by Crippen LogP contribution is -2.41. The van der Waals surface area contributed by atoms with Crippen LogP contribution in [0.4, 0.5) is 0 Å². The second-order valence-electron chi connectivity index (χ2n) is 3.99. The van der Waals surface area contributed by atoms with E-state index in [1.807, 2.05) is 25.3 Å². The molecule has 0 spiro atoms. The molecule has 0 bridgehead atoms. The lowest BCUT2D eigenvalue weighted by molar-refractivity contribution is 0.685. The quantitative estimate of drug-likeness (QED) is 0.787. The Labute approximate surface area is 124 Å². The highest BCUT2D eigenvalue weighted by molar-refractivity contribution is 14.0. The number of pyridine rings is 1. The van der Waals surface area contributed by atoms with Crippen molar-refractivity contribution in [2.45, 2.75) is 26.4 Å². The molecule has 0 aromatic carbocycles. The summed E-state index contributed by atoms with van der Waals surface area (Å²) in [5.41, 5.74) is 0.836. The summed E-state index contributed by atoms with van der Waals surface area (Å²) in [7, 11) is 0. The molecule has 1 aliphatic heterocycles. The normalized spacial score (nSPS) is 14.2. The van der Waals surface area contributed by atoms with Gasteiger partial charge in [0.1, 0.15) is 0 Å². The summed E-state index contributed by atoms with van der Waals surface area (Å²) in [6, 6.07) is 3.75. The molecule has 1 aromatic rings. The van der Waals surface area contributed by atoms with Crippen LogP contribution in [0.3, 0.4) is 0 Å². The molecule has 2 heterocycles. The molecule has 0 fully saturated rings.